The largest absolute Gasteiger partial charge is 0.505 e. The second-order valence-corrected chi connectivity index (χ2v) is 13.5. The lowest BCUT2D eigenvalue weighted by atomic mass is 9.92. The van der Waals surface area contributed by atoms with Gasteiger partial charge in [-0.25, -0.2) is 4.39 Å². The molecular weight excluding hydrogens is 703 g/mol. The van der Waals surface area contributed by atoms with Crippen LogP contribution in [0.1, 0.15) is 37.5 Å². The maximum Gasteiger partial charge on any atom is 0.264 e. The van der Waals surface area contributed by atoms with Crippen molar-refractivity contribution in [1.29, 1.82) is 0 Å². The molecule has 53 heavy (non-hydrogen) atoms. The van der Waals surface area contributed by atoms with Crippen LogP contribution in [0.4, 0.5) is 15.8 Å². The number of aryl methyl sites for hydroxylation is 1. The fourth-order valence-corrected chi connectivity index (χ4v) is 7.39. The van der Waals surface area contributed by atoms with Crippen LogP contribution in [0, 0.1) is 12.7 Å². The highest BCUT2D eigenvalue weighted by Crippen LogP contribution is 2.42. The first-order valence-electron chi connectivity index (χ1n) is 17.3. The maximum absolute atomic E-state index is 15.0. The number of benzene rings is 3. The van der Waals surface area contributed by atoms with Crippen molar-refractivity contribution in [2.24, 2.45) is 14.1 Å². The molecule has 3 aliphatic heterocycles. The van der Waals surface area contributed by atoms with Gasteiger partial charge < -0.3 is 28.8 Å². The van der Waals surface area contributed by atoms with Crippen LogP contribution in [0.3, 0.4) is 0 Å². The number of morpholine rings is 1. The number of carbonyl (C=O) groups is 2. The average Bonchev–Trinajstić information content (AvgIpc) is 3.87. The number of rotatable bonds is 7. The molecule has 1 saturated heterocycles. The predicted molar refractivity (Wildman–Crippen MR) is 198 cm³/mol. The van der Waals surface area contributed by atoms with E-state index >= 15 is 0 Å². The molecule has 1 N–H and O–H groups in total. The fraction of sp³-hybridized carbons (Fsp3) is 0.308. The summed E-state index contributed by atoms with van der Waals surface area (Å²) in [6, 6.07) is 17.3. The number of nitrogens with zero attached hydrogens (tertiary/aromatic N) is 6. The van der Waals surface area contributed by atoms with Crippen LogP contribution in [0.15, 0.2) is 73.1 Å². The van der Waals surface area contributed by atoms with Crippen molar-refractivity contribution in [2.75, 3.05) is 44.5 Å². The lowest BCUT2D eigenvalue weighted by Gasteiger charge is -2.40. The molecule has 3 aromatic carbocycles. The Morgan fingerprint density at radius 3 is 2.42 bits per heavy atom. The van der Waals surface area contributed by atoms with E-state index in [1.807, 2.05) is 41.6 Å². The number of phenols is 1. The third kappa shape index (κ3) is 6.71. The van der Waals surface area contributed by atoms with Crippen molar-refractivity contribution in [3.05, 3.63) is 107 Å². The molecule has 14 heteroatoms. The minimum atomic E-state index is -0.861. The number of anilines is 2. The van der Waals surface area contributed by atoms with Crippen LogP contribution in [0.25, 0.3) is 11.3 Å². The summed E-state index contributed by atoms with van der Waals surface area (Å²) in [5.74, 6) is -0.990. The first-order chi connectivity index (χ1) is 25.2. The molecule has 1 atom stereocenters. The van der Waals surface area contributed by atoms with Gasteiger partial charge in [-0.15, -0.1) is 12.4 Å². The van der Waals surface area contributed by atoms with Crippen LogP contribution < -0.4 is 14.4 Å². The first kappa shape index (κ1) is 36.0. The summed E-state index contributed by atoms with van der Waals surface area (Å²) in [4.78, 5) is 35.2. The maximum atomic E-state index is 15.0. The van der Waals surface area contributed by atoms with Crippen LogP contribution in [-0.2, 0) is 31.8 Å². The Labute approximate surface area is 312 Å². The molecule has 3 aliphatic rings. The van der Waals surface area contributed by atoms with Gasteiger partial charge in [0.1, 0.15) is 0 Å². The van der Waals surface area contributed by atoms with Crippen LogP contribution >= 0.6 is 12.4 Å². The third-order valence-electron chi connectivity index (χ3n) is 10.3. The summed E-state index contributed by atoms with van der Waals surface area (Å²) >= 11 is 0. The van der Waals surface area contributed by atoms with Gasteiger partial charge in [-0.1, -0.05) is 24.3 Å². The zero-order chi connectivity index (χ0) is 36.1. The van der Waals surface area contributed by atoms with E-state index in [1.165, 1.54) is 28.8 Å². The third-order valence-corrected chi connectivity index (χ3v) is 10.3. The van der Waals surface area contributed by atoms with Gasteiger partial charge in [-0.05, 0) is 54.8 Å². The fourth-order valence-electron chi connectivity index (χ4n) is 7.39. The highest BCUT2D eigenvalue weighted by atomic mass is 35.5. The molecule has 5 heterocycles. The van der Waals surface area contributed by atoms with Crippen LogP contribution in [0.2, 0.25) is 0 Å². The second kappa shape index (κ2) is 14.6. The summed E-state index contributed by atoms with van der Waals surface area (Å²) in [6.07, 6.45) is 3.89. The van der Waals surface area contributed by atoms with Crippen LogP contribution in [-0.4, -0.2) is 86.8 Å². The summed E-state index contributed by atoms with van der Waals surface area (Å²) in [6.45, 7) is 5.97. The molecule has 0 unspecified atom stereocenters. The number of aromatic hydroxyl groups is 1. The van der Waals surface area contributed by atoms with E-state index in [-0.39, 0.29) is 36.8 Å². The van der Waals surface area contributed by atoms with E-state index in [2.05, 4.69) is 22.1 Å². The molecule has 12 nitrogen and oxygen atoms in total. The standard InChI is InChI=1S/C39H39FN6O6.ClH/c1-24-30(39(49)46(29-19-41-42(2)21-29)27-8-9-35(47)33(40)15-27)16-34(43(24)3)31-17-36-37(52-23-51-36)18-32(31)38(48)45-20-26-7-5-4-6-25(26)14-28(45)22-44-10-12-50-13-11-44;/h4-9,15-19,21,28,47H,10-14,20,22-23H2,1-3H3;1H/t28-;/m0./s1. The Morgan fingerprint density at radius 1 is 0.962 bits per heavy atom. The lowest BCUT2D eigenvalue weighted by Crippen LogP contribution is -2.52. The molecular formula is C39H40ClFN6O6. The molecule has 0 saturated carbocycles. The Hall–Kier alpha value is -5.37. The monoisotopic (exact) mass is 742 g/mol. The second-order valence-electron chi connectivity index (χ2n) is 13.5. The highest BCUT2D eigenvalue weighted by molar-refractivity contribution is 6.12. The number of ether oxygens (including phenoxy) is 3. The Bertz CT molecular complexity index is 2200. The van der Waals surface area contributed by atoms with E-state index in [9.17, 15) is 19.1 Å². The van der Waals surface area contributed by atoms with Crippen molar-refractivity contribution in [2.45, 2.75) is 25.9 Å². The zero-order valence-corrected chi connectivity index (χ0v) is 30.4. The van der Waals surface area contributed by atoms with Crippen molar-refractivity contribution in [3.63, 3.8) is 0 Å². The van der Waals surface area contributed by atoms with E-state index in [4.69, 9.17) is 14.2 Å². The predicted octanol–water partition coefficient (Wildman–Crippen LogP) is 5.61. The van der Waals surface area contributed by atoms with Gasteiger partial charge in [0.2, 0.25) is 6.79 Å². The normalized spacial score (nSPS) is 16.6. The molecule has 0 radical (unpaired) electrons. The quantitative estimate of drug-likeness (QED) is 0.229. The lowest BCUT2D eigenvalue weighted by molar-refractivity contribution is 0.0193. The molecule has 2 amide bonds. The van der Waals surface area contributed by atoms with E-state index in [0.717, 1.165) is 31.1 Å². The van der Waals surface area contributed by atoms with Gasteiger partial charge in [0.25, 0.3) is 11.8 Å². The molecule has 1 fully saturated rings. The summed E-state index contributed by atoms with van der Waals surface area (Å²) < 4.78 is 35.2. The van der Waals surface area contributed by atoms with Gasteiger partial charge >= 0.3 is 0 Å². The molecule has 0 bridgehead atoms. The summed E-state index contributed by atoms with van der Waals surface area (Å²) in [5.41, 5.74) is 5.58. The van der Waals surface area contributed by atoms with Crippen LogP contribution in [0.5, 0.6) is 17.2 Å². The summed E-state index contributed by atoms with van der Waals surface area (Å²) in [5, 5.41) is 14.1. The minimum Gasteiger partial charge on any atom is -0.505 e. The number of fused-ring (bicyclic) bond motifs is 2. The smallest absolute Gasteiger partial charge is 0.264 e. The number of amides is 2. The Morgan fingerprint density at radius 2 is 1.70 bits per heavy atom. The molecule has 0 aliphatic carbocycles. The van der Waals surface area contributed by atoms with Crippen molar-refractivity contribution < 1.29 is 33.3 Å². The summed E-state index contributed by atoms with van der Waals surface area (Å²) in [7, 11) is 3.56. The van der Waals surface area contributed by atoms with Crippen molar-refractivity contribution >= 4 is 35.6 Å². The topological polar surface area (TPSA) is 115 Å². The molecule has 276 valence electrons. The average molecular weight is 743 g/mol. The molecule has 0 spiro atoms. The van der Waals surface area contributed by atoms with Gasteiger partial charge in [0.05, 0.1) is 41.9 Å². The molecule has 5 aromatic rings. The number of aromatic nitrogens is 3. The Balaban J connectivity index is 0.00000435. The van der Waals surface area contributed by atoms with Gasteiger partial charge in [-0.3, -0.25) is 24.1 Å². The SMILES string of the molecule is Cc1c(C(=O)N(c2ccc(O)c(F)c2)c2cnn(C)c2)cc(-c2cc3c(cc2C(=O)N2Cc4ccccc4C[C@H]2CN2CCOCC2)OCO3)n1C.Cl. The van der Waals surface area contributed by atoms with Gasteiger partial charge in [0.15, 0.2) is 23.1 Å². The van der Waals surface area contributed by atoms with Crippen molar-refractivity contribution in [1.82, 2.24) is 24.1 Å². The number of carbonyl (C=O) groups excluding carboxylic acids is 2. The first-order valence-corrected chi connectivity index (χ1v) is 17.3. The minimum absolute atomic E-state index is 0. The zero-order valence-electron chi connectivity index (χ0n) is 29.6. The van der Waals surface area contributed by atoms with E-state index in [0.29, 0.717) is 71.6 Å². The number of hydrogen-bond donors (Lipinski definition) is 1. The molecule has 2 aromatic heterocycles. The van der Waals surface area contributed by atoms with Gasteiger partial charge in [0, 0.05) is 75.5 Å². The highest BCUT2D eigenvalue weighted by Gasteiger charge is 2.35. The van der Waals surface area contributed by atoms with E-state index < -0.39 is 17.5 Å². The number of halogens is 2. The van der Waals surface area contributed by atoms with Crippen molar-refractivity contribution in [3.8, 4) is 28.5 Å². The van der Waals surface area contributed by atoms with E-state index in [1.54, 1.807) is 30.1 Å². The van der Waals surface area contributed by atoms with Gasteiger partial charge in [-0.2, -0.15) is 5.10 Å². The number of phenolic OH excluding ortho intramolecular Hbond substituents is 1. The number of hydrogen-bond acceptors (Lipinski definition) is 8. The molecule has 8 rings (SSSR count). The Kier molecular flexibility index (Phi) is 9.90.